The van der Waals surface area contributed by atoms with E-state index in [1.807, 2.05) is 0 Å². The molecule has 0 aromatic carbocycles. The van der Waals surface area contributed by atoms with Crippen molar-refractivity contribution in [2.45, 2.75) is 24.6 Å². The fraction of sp³-hybridized carbons (Fsp3) is 1.00. The molecular formula is C7H12O5. The number of aliphatic hydroxyl groups is 3. The summed E-state index contributed by atoms with van der Waals surface area (Å²) >= 11 is 0. The topological polar surface area (TPSA) is 79.2 Å². The Morgan fingerprint density at radius 3 is 2.58 bits per heavy atom. The lowest BCUT2D eigenvalue weighted by Gasteiger charge is -2.47. The minimum Gasteiger partial charge on any atom is -0.394 e. The normalized spacial score (nSPS) is 52.8. The van der Waals surface area contributed by atoms with Gasteiger partial charge in [-0.15, -0.1) is 0 Å². The molecule has 3 fully saturated rings. The molecule has 3 aliphatic rings. The lowest BCUT2D eigenvalue weighted by molar-refractivity contribution is -0.342. The predicted octanol–water partition coefficient (Wildman–Crippen LogP) is -1.93. The highest BCUT2D eigenvalue weighted by molar-refractivity contribution is 4.92. The molecule has 0 aromatic heterocycles. The molecule has 0 aliphatic carbocycles. The molecule has 3 aliphatic heterocycles. The summed E-state index contributed by atoms with van der Waals surface area (Å²) < 4.78 is 10.2. The molecule has 3 rings (SSSR count). The van der Waals surface area contributed by atoms with Gasteiger partial charge in [-0.05, 0) is 0 Å². The molecule has 3 saturated heterocycles. The first-order valence-electron chi connectivity index (χ1n) is 3.98. The molecule has 0 saturated carbocycles. The van der Waals surface area contributed by atoms with E-state index < -0.39 is 24.6 Å². The Labute approximate surface area is 69.5 Å². The molecule has 5 heteroatoms. The average Bonchev–Trinajstić information content (AvgIpc) is 2.12. The molecule has 3 heterocycles. The van der Waals surface area contributed by atoms with Crippen LogP contribution in [0.5, 0.6) is 0 Å². The molecule has 70 valence electrons. The van der Waals surface area contributed by atoms with Crippen molar-refractivity contribution in [1.29, 1.82) is 0 Å². The van der Waals surface area contributed by atoms with Crippen LogP contribution in [0.25, 0.3) is 0 Å². The van der Waals surface area contributed by atoms with Gasteiger partial charge in [0.1, 0.15) is 6.10 Å². The van der Waals surface area contributed by atoms with Gasteiger partial charge in [0.25, 0.3) is 0 Å². The predicted molar refractivity (Wildman–Crippen MR) is 37.2 cm³/mol. The van der Waals surface area contributed by atoms with Gasteiger partial charge in [0.15, 0.2) is 6.29 Å². The van der Waals surface area contributed by atoms with Gasteiger partial charge in [-0.1, -0.05) is 0 Å². The third-order valence-electron chi connectivity index (χ3n) is 2.49. The molecule has 0 radical (unpaired) electrons. The minimum atomic E-state index is -0.980. The maximum atomic E-state index is 9.45. The van der Waals surface area contributed by atoms with E-state index in [0.717, 1.165) is 0 Å². The van der Waals surface area contributed by atoms with Crippen LogP contribution < -0.4 is 0 Å². The Morgan fingerprint density at radius 1 is 1.25 bits per heavy atom. The highest BCUT2D eigenvalue weighted by Gasteiger charge is 2.49. The van der Waals surface area contributed by atoms with Crippen molar-refractivity contribution in [3.05, 3.63) is 0 Å². The van der Waals surface area contributed by atoms with Crippen molar-refractivity contribution in [3.63, 3.8) is 0 Å². The maximum absolute atomic E-state index is 9.45. The van der Waals surface area contributed by atoms with Crippen LogP contribution in [0.4, 0.5) is 0 Å². The first-order valence-corrected chi connectivity index (χ1v) is 3.98. The monoisotopic (exact) mass is 176 g/mol. The summed E-state index contributed by atoms with van der Waals surface area (Å²) in [6, 6.07) is 0. The minimum absolute atomic E-state index is 0.145. The molecule has 2 bridgehead atoms. The van der Waals surface area contributed by atoms with Crippen LogP contribution in [0.15, 0.2) is 0 Å². The number of rotatable bonds is 1. The van der Waals surface area contributed by atoms with E-state index in [1.165, 1.54) is 0 Å². The van der Waals surface area contributed by atoms with Crippen molar-refractivity contribution >= 4 is 0 Å². The maximum Gasteiger partial charge on any atom is 0.186 e. The summed E-state index contributed by atoms with van der Waals surface area (Å²) in [6.45, 7) is 0.197. The Balaban J connectivity index is 2.12. The van der Waals surface area contributed by atoms with Crippen LogP contribution in [0.3, 0.4) is 0 Å². The van der Waals surface area contributed by atoms with Crippen LogP contribution in [0.1, 0.15) is 0 Å². The molecule has 0 amide bonds. The molecule has 0 unspecified atom stereocenters. The van der Waals surface area contributed by atoms with Gasteiger partial charge in [0, 0.05) is 5.92 Å². The van der Waals surface area contributed by atoms with Crippen molar-refractivity contribution in [2.75, 3.05) is 13.2 Å². The van der Waals surface area contributed by atoms with Crippen LogP contribution in [0, 0.1) is 5.92 Å². The highest BCUT2D eigenvalue weighted by Crippen LogP contribution is 2.32. The van der Waals surface area contributed by atoms with Crippen molar-refractivity contribution < 1.29 is 24.8 Å². The molecule has 0 aromatic rings. The Bertz CT molecular complexity index is 169. The summed E-state index contributed by atoms with van der Waals surface area (Å²) in [5.74, 6) is -0.310. The second-order valence-corrected chi connectivity index (χ2v) is 3.20. The summed E-state index contributed by atoms with van der Waals surface area (Å²) in [5, 5.41) is 27.6. The lowest BCUT2D eigenvalue weighted by atomic mass is 9.88. The standard InChI is InChI=1S/C7H12O5/c8-1-4-3-2-11-7(12-4)6(10)5(3)9/h3-10H,1-2H2/t3-,4+,5-,6+,7+/m0/s1. The van der Waals surface area contributed by atoms with E-state index >= 15 is 0 Å². The molecular weight excluding hydrogens is 164 g/mol. The second kappa shape index (κ2) is 2.93. The fourth-order valence-corrected chi connectivity index (χ4v) is 1.72. The smallest absolute Gasteiger partial charge is 0.186 e. The number of ether oxygens (including phenoxy) is 2. The van der Waals surface area contributed by atoms with E-state index in [4.69, 9.17) is 14.6 Å². The van der Waals surface area contributed by atoms with Gasteiger partial charge >= 0.3 is 0 Å². The third-order valence-corrected chi connectivity index (χ3v) is 2.49. The van der Waals surface area contributed by atoms with Crippen molar-refractivity contribution in [3.8, 4) is 0 Å². The Hall–Kier alpha value is -0.200. The summed E-state index contributed by atoms with van der Waals surface area (Å²) in [6.07, 6.45) is -2.99. The zero-order valence-electron chi connectivity index (χ0n) is 6.46. The van der Waals surface area contributed by atoms with Crippen LogP contribution >= 0.6 is 0 Å². The number of hydrogen-bond acceptors (Lipinski definition) is 5. The average molecular weight is 176 g/mol. The summed E-state index contributed by atoms with van der Waals surface area (Å²) in [4.78, 5) is 0. The van der Waals surface area contributed by atoms with E-state index in [-0.39, 0.29) is 12.5 Å². The van der Waals surface area contributed by atoms with E-state index in [0.29, 0.717) is 6.61 Å². The lowest BCUT2D eigenvalue weighted by Crippen LogP contribution is -2.62. The molecule has 5 atom stereocenters. The Morgan fingerprint density at radius 2 is 2.00 bits per heavy atom. The van der Waals surface area contributed by atoms with Crippen LogP contribution in [-0.4, -0.2) is 53.1 Å². The second-order valence-electron chi connectivity index (χ2n) is 3.20. The number of fused-ring (bicyclic) bond motifs is 3. The molecule has 3 N–H and O–H groups in total. The molecule has 12 heavy (non-hydrogen) atoms. The third kappa shape index (κ3) is 1.06. The van der Waals surface area contributed by atoms with E-state index in [9.17, 15) is 10.2 Å². The molecule has 0 spiro atoms. The first kappa shape index (κ1) is 8.40. The van der Waals surface area contributed by atoms with E-state index in [2.05, 4.69) is 0 Å². The van der Waals surface area contributed by atoms with E-state index in [1.54, 1.807) is 0 Å². The van der Waals surface area contributed by atoms with Crippen LogP contribution in [-0.2, 0) is 9.47 Å². The number of hydrogen-bond donors (Lipinski definition) is 3. The van der Waals surface area contributed by atoms with Gasteiger partial charge in [0.05, 0.1) is 25.4 Å². The summed E-state index contributed by atoms with van der Waals surface area (Å²) in [5.41, 5.74) is 0. The highest BCUT2D eigenvalue weighted by atomic mass is 16.7. The first-order chi connectivity index (χ1) is 5.74. The van der Waals surface area contributed by atoms with Gasteiger partial charge in [0.2, 0.25) is 0 Å². The summed E-state index contributed by atoms with van der Waals surface area (Å²) in [7, 11) is 0. The van der Waals surface area contributed by atoms with Gasteiger partial charge in [-0.2, -0.15) is 0 Å². The van der Waals surface area contributed by atoms with Crippen molar-refractivity contribution in [2.24, 2.45) is 5.92 Å². The molecule has 5 nitrogen and oxygen atoms in total. The largest absolute Gasteiger partial charge is 0.394 e. The van der Waals surface area contributed by atoms with Crippen LogP contribution in [0.2, 0.25) is 0 Å². The van der Waals surface area contributed by atoms with Crippen molar-refractivity contribution in [1.82, 2.24) is 0 Å². The van der Waals surface area contributed by atoms with Gasteiger partial charge in [-0.25, -0.2) is 0 Å². The zero-order valence-corrected chi connectivity index (χ0v) is 6.46. The fourth-order valence-electron chi connectivity index (χ4n) is 1.72. The Kier molecular flexibility index (Phi) is 2.05. The quantitative estimate of drug-likeness (QED) is 0.433. The number of aliphatic hydroxyl groups excluding tert-OH is 3. The van der Waals surface area contributed by atoms with Gasteiger partial charge < -0.3 is 24.8 Å². The SMILES string of the molecule is OC[C@H]1O[C@H]2OC[C@@H]1[C@H](O)[C@H]2O. The van der Waals surface area contributed by atoms with Gasteiger partial charge in [-0.3, -0.25) is 0 Å². The zero-order chi connectivity index (χ0) is 8.72.